The molecule has 1 saturated heterocycles. The van der Waals surface area contributed by atoms with Gasteiger partial charge < -0.3 is 15.4 Å². The molecule has 4 N–H and O–H groups in total. The summed E-state index contributed by atoms with van der Waals surface area (Å²) in [5, 5.41) is 5.00. The van der Waals surface area contributed by atoms with E-state index < -0.39 is 15.8 Å². The van der Waals surface area contributed by atoms with Crippen LogP contribution in [0.3, 0.4) is 0 Å². The molecule has 1 heterocycles. The van der Waals surface area contributed by atoms with E-state index in [1.165, 1.54) is 12.1 Å². The number of piperidine rings is 1. The highest BCUT2D eigenvalue weighted by Gasteiger charge is 2.29. The Hall–Kier alpha value is -1.22. The lowest BCUT2D eigenvalue weighted by atomic mass is 9.98. The minimum Gasteiger partial charge on any atom is -0.381 e. The quantitative estimate of drug-likeness (QED) is 0.838. The van der Waals surface area contributed by atoms with Crippen molar-refractivity contribution in [3.63, 3.8) is 0 Å². The number of ether oxygens (including phenoxy) is 1. The van der Waals surface area contributed by atoms with Gasteiger partial charge in [0.15, 0.2) is 0 Å². The van der Waals surface area contributed by atoms with Gasteiger partial charge in [0.25, 0.3) is 0 Å². The molecule has 2 atom stereocenters. The normalized spacial score (nSPS) is 23.3. The zero-order valence-corrected chi connectivity index (χ0v) is 12.6. The van der Waals surface area contributed by atoms with Gasteiger partial charge in [-0.1, -0.05) is 0 Å². The van der Waals surface area contributed by atoms with Gasteiger partial charge >= 0.3 is 0 Å². The topological polar surface area (TPSA) is 98.6 Å². The van der Waals surface area contributed by atoms with Crippen molar-refractivity contribution in [2.75, 3.05) is 25.1 Å². The zero-order chi connectivity index (χ0) is 15.6. The smallest absolute Gasteiger partial charge is 0.238 e. The first kappa shape index (κ1) is 16.2. The van der Waals surface area contributed by atoms with Crippen LogP contribution in [0, 0.1) is 5.82 Å². The lowest BCUT2D eigenvalue weighted by Crippen LogP contribution is -2.49. The van der Waals surface area contributed by atoms with Gasteiger partial charge in [-0.2, -0.15) is 0 Å². The number of primary sulfonamides is 1. The number of sulfonamides is 1. The minimum atomic E-state index is -3.91. The molecular weight excluding hydrogens is 297 g/mol. The lowest BCUT2D eigenvalue weighted by molar-refractivity contribution is 0.0708. The third-order valence-corrected chi connectivity index (χ3v) is 4.74. The van der Waals surface area contributed by atoms with Gasteiger partial charge in [0, 0.05) is 26.2 Å². The molecule has 8 heteroatoms. The fourth-order valence-electron chi connectivity index (χ4n) is 2.67. The summed E-state index contributed by atoms with van der Waals surface area (Å²) in [7, 11) is -2.26. The molecule has 0 amide bonds. The number of anilines is 1. The maximum absolute atomic E-state index is 14.2. The van der Waals surface area contributed by atoms with Crippen molar-refractivity contribution < 1.29 is 17.5 Å². The van der Waals surface area contributed by atoms with Crippen LogP contribution in [0.1, 0.15) is 12.8 Å². The molecule has 21 heavy (non-hydrogen) atoms. The molecule has 0 bridgehead atoms. The highest BCUT2D eigenvalue weighted by molar-refractivity contribution is 7.89. The fraction of sp³-hybridized carbons (Fsp3) is 0.538. The molecule has 0 spiro atoms. The molecule has 0 aliphatic carbocycles. The summed E-state index contributed by atoms with van der Waals surface area (Å²) < 4.78 is 42.0. The molecule has 2 rings (SSSR count). The van der Waals surface area contributed by atoms with Crippen LogP contribution in [-0.4, -0.2) is 40.8 Å². The number of halogens is 1. The van der Waals surface area contributed by atoms with E-state index in [2.05, 4.69) is 0 Å². The maximum atomic E-state index is 14.2. The van der Waals surface area contributed by atoms with Gasteiger partial charge in [-0.15, -0.1) is 0 Å². The second kappa shape index (κ2) is 6.27. The Morgan fingerprint density at radius 1 is 1.48 bits per heavy atom. The summed E-state index contributed by atoms with van der Waals surface area (Å²) in [6.07, 6.45) is 1.59. The van der Waals surface area contributed by atoms with E-state index in [0.717, 1.165) is 12.5 Å². The highest BCUT2D eigenvalue weighted by Crippen LogP contribution is 2.29. The van der Waals surface area contributed by atoms with Crippen molar-refractivity contribution in [3.8, 4) is 0 Å². The van der Waals surface area contributed by atoms with Gasteiger partial charge in [0.2, 0.25) is 10.0 Å². The molecule has 1 aromatic carbocycles. The Morgan fingerprint density at radius 2 is 2.19 bits per heavy atom. The molecule has 118 valence electrons. The predicted molar refractivity (Wildman–Crippen MR) is 78.0 cm³/mol. The Labute approximate surface area is 123 Å². The first-order chi connectivity index (χ1) is 9.86. The van der Waals surface area contributed by atoms with Crippen molar-refractivity contribution in [1.29, 1.82) is 0 Å². The Bertz CT molecular complexity index is 609. The standard InChI is InChI=1S/C13H20FN3O3S/c1-20-10-4-5-17(9(6-10)8-15)13-3-2-11(7-12(13)14)21(16,18)19/h2-3,7,9-10H,4-6,8,15H2,1H3,(H2,16,18,19). The van der Waals surface area contributed by atoms with E-state index in [4.69, 9.17) is 15.6 Å². The first-order valence-corrected chi connectivity index (χ1v) is 8.23. The molecule has 2 unspecified atom stereocenters. The Morgan fingerprint density at radius 3 is 2.71 bits per heavy atom. The molecule has 0 aromatic heterocycles. The molecule has 1 aliphatic rings. The number of benzene rings is 1. The Kier molecular flexibility index (Phi) is 4.82. The number of hydrogen-bond acceptors (Lipinski definition) is 5. The molecule has 1 aliphatic heterocycles. The lowest BCUT2D eigenvalue weighted by Gasteiger charge is -2.40. The van der Waals surface area contributed by atoms with Crippen molar-refractivity contribution in [3.05, 3.63) is 24.0 Å². The van der Waals surface area contributed by atoms with Crippen LogP contribution in [0.4, 0.5) is 10.1 Å². The average molecular weight is 317 g/mol. The number of nitrogens with two attached hydrogens (primary N) is 2. The van der Waals surface area contributed by atoms with Crippen LogP contribution in [0.2, 0.25) is 0 Å². The summed E-state index contributed by atoms with van der Waals surface area (Å²) in [4.78, 5) is 1.62. The van der Waals surface area contributed by atoms with Crippen LogP contribution >= 0.6 is 0 Å². The first-order valence-electron chi connectivity index (χ1n) is 6.68. The third-order valence-electron chi connectivity index (χ3n) is 3.83. The number of nitrogens with zero attached hydrogens (tertiary/aromatic N) is 1. The van der Waals surface area contributed by atoms with Crippen LogP contribution in [0.25, 0.3) is 0 Å². The largest absolute Gasteiger partial charge is 0.381 e. The molecule has 0 radical (unpaired) electrons. The summed E-state index contributed by atoms with van der Waals surface area (Å²) in [5.74, 6) is -0.615. The maximum Gasteiger partial charge on any atom is 0.238 e. The van der Waals surface area contributed by atoms with Crippen LogP contribution in [0.15, 0.2) is 23.1 Å². The number of hydrogen-bond donors (Lipinski definition) is 2. The van der Waals surface area contributed by atoms with Gasteiger partial charge in [0.1, 0.15) is 5.82 Å². The summed E-state index contributed by atoms with van der Waals surface area (Å²) >= 11 is 0. The van der Waals surface area contributed by atoms with Crippen molar-refractivity contribution in [1.82, 2.24) is 0 Å². The van der Waals surface area contributed by atoms with Gasteiger partial charge in [-0.25, -0.2) is 17.9 Å². The average Bonchev–Trinajstić information content (AvgIpc) is 2.45. The van der Waals surface area contributed by atoms with E-state index in [1.54, 1.807) is 7.11 Å². The molecule has 1 fully saturated rings. The number of methoxy groups -OCH3 is 1. The summed E-state index contributed by atoms with van der Waals surface area (Å²) in [6.45, 7) is 0.974. The Balaban J connectivity index is 2.29. The third kappa shape index (κ3) is 3.52. The number of rotatable bonds is 4. The van der Waals surface area contributed by atoms with E-state index >= 15 is 0 Å². The van der Waals surface area contributed by atoms with Crippen molar-refractivity contribution >= 4 is 15.7 Å². The highest BCUT2D eigenvalue weighted by atomic mass is 32.2. The van der Waals surface area contributed by atoms with Crippen molar-refractivity contribution in [2.45, 2.75) is 29.9 Å². The summed E-state index contributed by atoms with van der Waals surface area (Å²) in [6, 6.07) is 3.65. The fourth-order valence-corrected chi connectivity index (χ4v) is 3.19. The van der Waals surface area contributed by atoms with E-state index in [1.807, 2.05) is 4.90 Å². The van der Waals surface area contributed by atoms with Crippen LogP contribution in [-0.2, 0) is 14.8 Å². The van der Waals surface area contributed by atoms with Crippen LogP contribution < -0.4 is 15.8 Å². The summed E-state index contributed by atoms with van der Waals surface area (Å²) in [5.41, 5.74) is 6.10. The molecule has 6 nitrogen and oxygen atoms in total. The second-order valence-corrected chi connectivity index (χ2v) is 6.68. The van der Waals surface area contributed by atoms with E-state index in [0.29, 0.717) is 25.2 Å². The second-order valence-electron chi connectivity index (χ2n) is 5.12. The SMILES string of the molecule is COC1CCN(c2ccc(S(N)(=O)=O)cc2F)C(CN)C1. The molecular formula is C13H20FN3O3S. The molecule has 1 aromatic rings. The zero-order valence-electron chi connectivity index (χ0n) is 11.8. The minimum absolute atomic E-state index is 0.0430. The van der Waals surface area contributed by atoms with Gasteiger partial charge in [-0.3, -0.25) is 0 Å². The molecule has 0 saturated carbocycles. The van der Waals surface area contributed by atoms with E-state index in [-0.39, 0.29) is 17.0 Å². The monoisotopic (exact) mass is 317 g/mol. The van der Waals surface area contributed by atoms with Gasteiger partial charge in [0.05, 0.1) is 16.7 Å². The van der Waals surface area contributed by atoms with Gasteiger partial charge in [-0.05, 0) is 31.0 Å². The van der Waals surface area contributed by atoms with E-state index in [9.17, 15) is 12.8 Å². The van der Waals surface area contributed by atoms with Crippen molar-refractivity contribution in [2.24, 2.45) is 10.9 Å². The van der Waals surface area contributed by atoms with Crippen LogP contribution in [0.5, 0.6) is 0 Å². The predicted octanol–water partition coefficient (Wildman–Crippen LogP) is 0.416.